The molecule has 0 fully saturated rings. The largest absolute Gasteiger partial charge is 0.439 e. The molecule has 5 heteroatoms. The Morgan fingerprint density at radius 1 is 1.50 bits per heavy atom. The van der Waals surface area contributed by atoms with E-state index < -0.39 is 11.9 Å². The Morgan fingerprint density at radius 3 is 1.88 bits per heavy atom. The molecule has 0 bridgehead atoms. The molecule has 1 nitrogen and oxygen atoms in total. The number of rotatable bonds is 1. The van der Waals surface area contributed by atoms with E-state index in [1.54, 1.807) is 0 Å². The summed E-state index contributed by atoms with van der Waals surface area (Å²) in [5.74, 6) is 0. The molecule has 0 saturated carbocycles. The first-order valence-corrected chi connectivity index (χ1v) is 1.89. The lowest BCUT2D eigenvalue weighted by Crippen LogP contribution is -2.26. The van der Waals surface area contributed by atoms with E-state index >= 15 is 0 Å². The van der Waals surface area contributed by atoms with E-state index in [1.165, 1.54) is 0 Å². The van der Waals surface area contributed by atoms with Gasteiger partial charge in [0.15, 0.2) is 5.68 Å². The molecule has 0 saturated heterocycles. The lowest BCUT2D eigenvalue weighted by Gasteiger charge is -1.99. The van der Waals surface area contributed by atoms with E-state index in [9.17, 15) is 18.0 Å². The summed E-state index contributed by atoms with van der Waals surface area (Å²) < 4.78 is 33.2. The fraction of sp³-hybridized carbons (Fsp3) is 0.667. The summed E-state index contributed by atoms with van der Waals surface area (Å²) in [7, 11) is 0.486. The van der Waals surface area contributed by atoms with Crippen molar-refractivity contribution in [3.05, 3.63) is 0 Å². The van der Waals surface area contributed by atoms with Crippen molar-refractivity contribution in [3.8, 4) is 0 Å². The first-order chi connectivity index (χ1) is 3.48. The molecule has 0 amide bonds. The fourth-order valence-electron chi connectivity index (χ4n) is 0.164. The summed E-state index contributed by atoms with van der Waals surface area (Å²) in [6.45, 7) is 1.05. The van der Waals surface area contributed by atoms with E-state index in [1.807, 2.05) is 0 Å². The van der Waals surface area contributed by atoms with Gasteiger partial charge < -0.3 is 4.79 Å². The first kappa shape index (κ1) is 7.52. The molecule has 0 aromatic carbocycles. The second-order valence-electron chi connectivity index (χ2n) is 1.15. The Balaban J connectivity index is 3.82. The first-order valence-electron chi connectivity index (χ1n) is 1.89. The summed E-state index contributed by atoms with van der Waals surface area (Å²) in [5.41, 5.74) is -1.79. The molecule has 0 atom stereocenters. The minimum atomic E-state index is -4.69. The highest BCUT2D eigenvalue weighted by Crippen LogP contribution is 2.14. The van der Waals surface area contributed by atoms with Crippen LogP contribution in [0.25, 0.3) is 0 Å². The van der Waals surface area contributed by atoms with Gasteiger partial charge in [-0.15, -0.1) is 0 Å². The van der Waals surface area contributed by atoms with E-state index in [0.717, 1.165) is 6.82 Å². The van der Waals surface area contributed by atoms with Crippen LogP contribution < -0.4 is 0 Å². The van der Waals surface area contributed by atoms with Crippen molar-refractivity contribution in [1.82, 2.24) is 0 Å². The van der Waals surface area contributed by atoms with Crippen molar-refractivity contribution in [2.24, 2.45) is 0 Å². The van der Waals surface area contributed by atoms with Crippen LogP contribution in [0.1, 0.15) is 0 Å². The van der Waals surface area contributed by atoms with Crippen LogP contribution in [0.5, 0.6) is 0 Å². The topological polar surface area (TPSA) is 17.1 Å². The molecule has 0 rings (SSSR count). The second kappa shape index (κ2) is 2.20. The van der Waals surface area contributed by atoms with Gasteiger partial charge in [-0.05, 0) is 0 Å². The van der Waals surface area contributed by atoms with Crippen LogP contribution in [-0.2, 0) is 4.79 Å². The van der Waals surface area contributed by atoms with Crippen LogP contribution in [0.15, 0.2) is 0 Å². The lowest BCUT2D eigenvalue weighted by molar-refractivity contribution is -0.161. The molecule has 0 heterocycles. The van der Waals surface area contributed by atoms with Gasteiger partial charge in [0.1, 0.15) is 0 Å². The molecule has 45 valence electrons. The van der Waals surface area contributed by atoms with Gasteiger partial charge in [0.2, 0.25) is 7.28 Å². The van der Waals surface area contributed by atoms with Crippen LogP contribution in [0, 0.1) is 0 Å². The van der Waals surface area contributed by atoms with Gasteiger partial charge in [-0.1, -0.05) is 6.82 Å². The Kier molecular flexibility index (Phi) is 2.06. The van der Waals surface area contributed by atoms with Crippen LogP contribution in [0.4, 0.5) is 13.2 Å². The molecule has 0 unspecified atom stereocenters. The van der Waals surface area contributed by atoms with E-state index in [-0.39, 0.29) is 0 Å². The molecule has 8 heavy (non-hydrogen) atoms. The summed E-state index contributed by atoms with van der Waals surface area (Å²) in [6.07, 6.45) is -4.69. The van der Waals surface area contributed by atoms with Crippen molar-refractivity contribution < 1.29 is 18.0 Å². The van der Waals surface area contributed by atoms with Crippen LogP contribution in [0.3, 0.4) is 0 Å². The molecule has 1 radical (unpaired) electrons. The highest BCUT2D eigenvalue weighted by Gasteiger charge is 2.35. The summed E-state index contributed by atoms with van der Waals surface area (Å²) >= 11 is 0. The maximum Gasteiger partial charge on any atom is 0.439 e. The Morgan fingerprint density at radius 2 is 1.88 bits per heavy atom. The Labute approximate surface area is 45.1 Å². The molecule has 0 aliphatic rings. The lowest BCUT2D eigenvalue weighted by atomic mass is 9.76. The summed E-state index contributed by atoms with van der Waals surface area (Å²) in [4.78, 5) is 9.65. The second-order valence-corrected chi connectivity index (χ2v) is 1.15. The van der Waals surface area contributed by atoms with Crippen LogP contribution in [0.2, 0.25) is 6.82 Å². The molecule has 0 aromatic heterocycles. The van der Waals surface area contributed by atoms with Gasteiger partial charge in [-0.25, -0.2) is 0 Å². The van der Waals surface area contributed by atoms with Gasteiger partial charge in [0.25, 0.3) is 0 Å². The fourth-order valence-corrected chi connectivity index (χ4v) is 0.164. The Hall–Kier alpha value is -0.475. The molecule has 0 aliphatic carbocycles. The average molecular weight is 123 g/mol. The summed E-state index contributed by atoms with van der Waals surface area (Å²) in [6, 6.07) is 0. The molecular formula is C3H3BF3O. The van der Waals surface area contributed by atoms with Crippen LogP contribution in [-0.4, -0.2) is 19.1 Å². The quantitative estimate of drug-likeness (QED) is 0.471. The number of alkyl halides is 3. The van der Waals surface area contributed by atoms with Gasteiger partial charge in [-0.2, -0.15) is 13.2 Å². The van der Waals surface area contributed by atoms with Crippen molar-refractivity contribution >= 4 is 13.0 Å². The molecule has 0 aliphatic heterocycles. The van der Waals surface area contributed by atoms with Gasteiger partial charge >= 0.3 is 6.18 Å². The highest BCUT2D eigenvalue weighted by molar-refractivity contribution is 6.74. The monoisotopic (exact) mass is 123 g/mol. The number of hydrogen-bond acceptors (Lipinski definition) is 1. The average Bonchev–Trinajstić information content (AvgIpc) is 1.62. The predicted octanol–water partition coefficient (Wildman–Crippen LogP) is 0.828. The zero-order valence-corrected chi connectivity index (χ0v) is 4.12. The smallest absolute Gasteiger partial charge is 0.302 e. The van der Waals surface area contributed by atoms with E-state index in [2.05, 4.69) is 0 Å². The maximum absolute atomic E-state index is 11.1. The normalized spacial score (nSPS) is 11.0. The SMILES string of the molecule is C[B]C(=O)C(F)(F)F. The Bertz CT molecular complexity index is 97.2. The highest BCUT2D eigenvalue weighted by atomic mass is 19.4. The molecular weight excluding hydrogens is 120 g/mol. The minimum absolute atomic E-state index is 0.486. The zero-order chi connectivity index (χ0) is 6.78. The van der Waals surface area contributed by atoms with Gasteiger partial charge in [-0.3, -0.25) is 0 Å². The number of carbonyl (C=O) groups is 1. The van der Waals surface area contributed by atoms with E-state index in [0.29, 0.717) is 7.28 Å². The number of hydrogen-bond donors (Lipinski definition) is 0. The third-order valence-corrected chi connectivity index (χ3v) is 0.542. The maximum atomic E-state index is 11.1. The molecule has 0 aromatic rings. The predicted molar refractivity (Wildman–Crippen MR) is 22.7 cm³/mol. The molecule has 0 N–H and O–H groups in total. The number of carbonyl (C=O) groups excluding carboxylic acids is 1. The van der Waals surface area contributed by atoms with Crippen molar-refractivity contribution in [2.45, 2.75) is 13.0 Å². The zero-order valence-electron chi connectivity index (χ0n) is 4.12. The van der Waals surface area contributed by atoms with Crippen molar-refractivity contribution in [1.29, 1.82) is 0 Å². The van der Waals surface area contributed by atoms with E-state index in [4.69, 9.17) is 0 Å². The summed E-state index contributed by atoms with van der Waals surface area (Å²) in [5, 5.41) is 0. The minimum Gasteiger partial charge on any atom is -0.302 e. The van der Waals surface area contributed by atoms with Crippen LogP contribution >= 0.6 is 0 Å². The van der Waals surface area contributed by atoms with Crippen molar-refractivity contribution in [3.63, 3.8) is 0 Å². The molecule has 0 spiro atoms. The van der Waals surface area contributed by atoms with Crippen molar-refractivity contribution in [2.75, 3.05) is 0 Å². The van der Waals surface area contributed by atoms with Gasteiger partial charge in [0.05, 0.1) is 0 Å². The third kappa shape index (κ3) is 2.00. The standard InChI is InChI=1S/C3H3BF3O/c1-4-2(8)3(5,6)7/h1H3. The van der Waals surface area contributed by atoms with Gasteiger partial charge in [0, 0.05) is 0 Å². The number of halogens is 3. The third-order valence-electron chi connectivity index (χ3n) is 0.542.